The Morgan fingerprint density at radius 2 is 1.20 bits per heavy atom. The molecule has 2 heterocycles. The molecule has 5 rings (SSSR count). The number of hydrogen-bond acceptors (Lipinski definition) is 9. The minimum atomic E-state index is -0.627. The average Bonchev–Trinajstić information content (AvgIpc) is 3.61. The summed E-state index contributed by atoms with van der Waals surface area (Å²) >= 11 is 0. The zero-order valence-corrected chi connectivity index (χ0v) is 28.8. The minimum Gasteiger partial charge on any atom is -0.494 e. The molecule has 2 amide bonds. The molecule has 5 aromatic rings. The number of hydrogen-bond donors (Lipinski definition) is 4. The van der Waals surface area contributed by atoms with Crippen LogP contribution >= 0.6 is 0 Å². The van der Waals surface area contributed by atoms with Crippen LogP contribution in [-0.2, 0) is 19.0 Å². The van der Waals surface area contributed by atoms with Gasteiger partial charge in [0.2, 0.25) is 0 Å². The number of amides is 2. The first-order chi connectivity index (χ1) is 23.1. The SMILES string of the molecule is CCOC(=O)CCCOc1cc(-c2nc3ccc(NC(=O)OC(C)(C)C)cc3[nH]2)cc(-c2nc3ccc(NC(=O)OC(C)(C)C)cc3[nH]2)c1. The molecule has 0 aliphatic carbocycles. The largest absolute Gasteiger partial charge is 0.494 e. The van der Waals surface area contributed by atoms with E-state index < -0.39 is 23.4 Å². The van der Waals surface area contributed by atoms with E-state index in [0.717, 1.165) is 11.1 Å². The van der Waals surface area contributed by atoms with Crippen molar-refractivity contribution in [1.29, 1.82) is 0 Å². The van der Waals surface area contributed by atoms with Crippen LogP contribution in [0.1, 0.15) is 61.3 Å². The van der Waals surface area contributed by atoms with Gasteiger partial charge in [0.05, 0.1) is 35.3 Å². The van der Waals surface area contributed by atoms with Crippen LogP contribution in [0.3, 0.4) is 0 Å². The third-order valence-corrected chi connectivity index (χ3v) is 6.81. The van der Waals surface area contributed by atoms with Gasteiger partial charge in [-0.15, -0.1) is 0 Å². The Bertz CT molecular complexity index is 1860. The number of esters is 1. The highest BCUT2D eigenvalue weighted by Gasteiger charge is 2.19. The van der Waals surface area contributed by atoms with Gasteiger partial charge in [0, 0.05) is 28.9 Å². The molecule has 0 spiro atoms. The molecule has 3 aromatic carbocycles. The average molecular weight is 671 g/mol. The smallest absolute Gasteiger partial charge is 0.412 e. The van der Waals surface area contributed by atoms with Crippen LogP contribution < -0.4 is 15.4 Å². The van der Waals surface area contributed by atoms with E-state index in [2.05, 4.69) is 20.6 Å². The van der Waals surface area contributed by atoms with Crippen molar-refractivity contribution in [3.8, 4) is 28.5 Å². The zero-order valence-electron chi connectivity index (χ0n) is 28.8. The van der Waals surface area contributed by atoms with E-state index in [0.29, 0.717) is 70.5 Å². The molecule has 0 aliphatic rings. The third kappa shape index (κ3) is 9.72. The van der Waals surface area contributed by atoms with Crippen molar-refractivity contribution in [2.24, 2.45) is 0 Å². The Hall–Kier alpha value is -5.59. The molecule has 0 aliphatic heterocycles. The van der Waals surface area contributed by atoms with Gasteiger partial charge in [0.25, 0.3) is 0 Å². The molecule has 2 aromatic heterocycles. The molecule has 49 heavy (non-hydrogen) atoms. The van der Waals surface area contributed by atoms with Crippen LogP contribution in [0.5, 0.6) is 5.75 Å². The Balaban J connectivity index is 1.44. The van der Waals surface area contributed by atoms with E-state index >= 15 is 0 Å². The number of imidazole rings is 2. The van der Waals surface area contributed by atoms with Crippen molar-refractivity contribution in [3.63, 3.8) is 0 Å². The summed E-state index contributed by atoms with van der Waals surface area (Å²) in [6.45, 7) is 13.2. The van der Waals surface area contributed by atoms with Crippen LogP contribution in [0.2, 0.25) is 0 Å². The summed E-state index contributed by atoms with van der Waals surface area (Å²) in [7, 11) is 0. The van der Waals surface area contributed by atoms with Gasteiger partial charge >= 0.3 is 18.2 Å². The zero-order chi connectivity index (χ0) is 35.3. The summed E-state index contributed by atoms with van der Waals surface area (Å²) in [5, 5.41) is 5.51. The number of nitrogens with zero attached hydrogens (tertiary/aromatic N) is 2. The number of aromatic amines is 2. The van der Waals surface area contributed by atoms with Gasteiger partial charge in [-0.1, -0.05) is 0 Å². The maximum absolute atomic E-state index is 12.3. The summed E-state index contributed by atoms with van der Waals surface area (Å²) in [5.41, 5.74) is 4.11. The molecule has 0 atom stereocenters. The lowest BCUT2D eigenvalue weighted by molar-refractivity contribution is -0.143. The fourth-order valence-corrected chi connectivity index (χ4v) is 4.89. The first-order valence-corrected chi connectivity index (χ1v) is 16.1. The topological polar surface area (TPSA) is 170 Å². The van der Waals surface area contributed by atoms with Crippen LogP contribution in [0.15, 0.2) is 54.6 Å². The van der Waals surface area contributed by atoms with E-state index in [1.807, 2.05) is 18.2 Å². The number of benzene rings is 3. The number of aromatic nitrogens is 4. The predicted molar refractivity (Wildman–Crippen MR) is 188 cm³/mol. The summed E-state index contributed by atoms with van der Waals surface area (Å²) in [6.07, 6.45) is -0.383. The minimum absolute atomic E-state index is 0.243. The maximum Gasteiger partial charge on any atom is 0.412 e. The molecule has 13 nitrogen and oxygen atoms in total. The van der Waals surface area contributed by atoms with Crippen LogP contribution in [0, 0.1) is 0 Å². The molecule has 0 saturated carbocycles. The Morgan fingerprint density at radius 1 is 0.714 bits per heavy atom. The van der Waals surface area contributed by atoms with Gasteiger partial charge in [0.15, 0.2) is 0 Å². The van der Waals surface area contributed by atoms with Gasteiger partial charge in [-0.2, -0.15) is 0 Å². The molecule has 0 saturated heterocycles. The van der Waals surface area contributed by atoms with Crippen molar-refractivity contribution < 1.29 is 33.3 Å². The fraction of sp³-hybridized carbons (Fsp3) is 0.361. The van der Waals surface area contributed by atoms with Crippen LogP contribution in [-0.4, -0.2) is 62.5 Å². The van der Waals surface area contributed by atoms with E-state index in [-0.39, 0.29) is 12.4 Å². The van der Waals surface area contributed by atoms with E-state index in [1.165, 1.54) is 0 Å². The Kier molecular flexibility index (Phi) is 10.1. The fourth-order valence-electron chi connectivity index (χ4n) is 4.89. The van der Waals surface area contributed by atoms with Gasteiger partial charge in [-0.3, -0.25) is 15.4 Å². The molecule has 0 fully saturated rings. The Morgan fingerprint density at radius 3 is 1.65 bits per heavy atom. The molecular weight excluding hydrogens is 628 g/mol. The molecule has 0 unspecified atom stereocenters. The first-order valence-electron chi connectivity index (χ1n) is 16.1. The lowest BCUT2D eigenvalue weighted by Gasteiger charge is -2.19. The van der Waals surface area contributed by atoms with Gasteiger partial charge in [-0.05, 0) is 109 Å². The van der Waals surface area contributed by atoms with E-state index in [4.69, 9.17) is 28.9 Å². The number of ether oxygens (including phenoxy) is 4. The maximum atomic E-state index is 12.3. The van der Waals surface area contributed by atoms with Crippen molar-refractivity contribution >= 4 is 51.6 Å². The summed E-state index contributed by atoms with van der Waals surface area (Å²) < 4.78 is 21.9. The summed E-state index contributed by atoms with van der Waals surface area (Å²) in [4.78, 5) is 52.7. The Labute approximate surface area is 284 Å². The number of anilines is 2. The third-order valence-electron chi connectivity index (χ3n) is 6.81. The second-order valence-corrected chi connectivity index (χ2v) is 13.4. The lowest BCUT2D eigenvalue weighted by atomic mass is 10.1. The summed E-state index contributed by atoms with van der Waals surface area (Å²) in [6, 6.07) is 16.3. The van der Waals surface area contributed by atoms with Crippen molar-refractivity contribution in [1.82, 2.24) is 19.9 Å². The van der Waals surface area contributed by atoms with Gasteiger partial charge in [0.1, 0.15) is 28.6 Å². The second-order valence-electron chi connectivity index (χ2n) is 13.4. The molecule has 4 N–H and O–H groups in total. The van der Waals surface area contributed by atoms with Gasteiger partial charge in [-0.25, -0.2) is 19.6 Å². The monoisotopic (exact) mass is 670 g/mol. The highest BCUT2D eigenvalue weighted by molar-refractivity contribution is 5.91. The lowest BCUT2D eigenvalue weighted by Crippen LogP contribution is -2.27. The molecular formula is C36H42N6O7. The molecule has 0 bridgehead atoms. The van der Waals surface area contributed by atoms with Crippen LogP contribution in [0.4, 0.5) is 21.0 Å². The van der Waals surface area contributed by atoms with Crippen molar-refractivity contribution in [2.75, 3.05) is 23.8 Å². The number of H-pyrrole nitrogens is 2. The quantitative estimate of drug-likeness (QED) is 0.0650. The molecule has 13 heteroatoms. The van der Waals surface area contributed by atoms with Crippen molar-refractivity contribution in [3.05, 3.63) is 54.6 Å². The van der Waals surface area contributed by atoms with Gasteiger partial charge < -0.3 is 28.9 Å². The predicted octanol–water partition coefficient (Wildman–Crippen LogP) is 8.19. The van der Waals surface area contributed by atoms with E-state index in [9.17, 15) is 14.4 Å². The van der Waals surface area contributed by atoms with E-state index in [1.54, 1.807) is 84.9 Å². The van der Waals surface area contributed by atoms with Crippen molar-refractivity contribution in [2.45, 2.75) is 72.5 Å². The number of fused-ring (bicyclic) bond motifs is 2. The molecule has 0 radical (unpaired) electrons. The second kappa shape index (κ2) is 14.3. The first kappa shape index (κ1) is 34.7. The normalized spacial score (nSPS) is 11.7. The molecule has 258 valence electrons. The number of rotatable bonds is 10. The standard InChI is InChI=1S/C36H42N6O7/c1-8-46-30(43)10-9-15-47-25-17-21(31-39-26-13-11-23(19-28(26)41-31)37-33(44)48-35(2,3)4)16-22(18-25)32-40-27-14-12-24(20-29(27)42-32)38-34(45)49-36(5,6)7/h11-14,16-20H,8-10,15H2,1-7H3,(H,37,44)(H,38,45)(H,39,41)(H,40,42). The highest BCUT2D eigenvalue weighted by Crippen LogP contribution is 2.32. The number of nitrogens with one attached hydrogen (secondary N) is 4. The highest BCUT2D eigenvalue weighted by atomic mass is 16.6. The number of carbonyl (C=O) groups is 3. The number of carbonyl (C=O) groups excluding carboxylic acids is 3. The summed E-state index contributed by atoms with van der Waals surface area (Å²) in [5.74, 6) is 1.42. The van der Waals surface area contributed by atoms with Crippen LogP contribution in [0.25, 0.3) is 44.8 Å².